The molecule has 9 heteroatoms. The molecule has 97 heavy (non-hydrogen) atoms. The molecule has 6 nitrogen and oxygen atoms in total. The van der Waals surface area contributed by atoms with Crippen LogP contribution in [0.4, 0.5) is 8.78 Å². The van der Waals surface area contributed by atoms with Gasteiger partial charge in [-0.2, -0.15) is 0 Å². The SMILES string of the molecule is C[CH](C)[Ge]([CH2]Oc1ccc(F)cc1-c1cc(C(C)(C)CC(C)(C)C)cc(-n2c3ccc(C(C)(C)C)cc3c3cc(C(C)(C)C)ccc32)c1O)([CH2]OC1(C(C)(C)C)C=Cc2c(c3cc(C(C)(C)C)ccc3n2-c2cc(C(C)(C)CC(C)(C)C)cc(-c3cccc(F)c3)c2O)C1)[CH](C)C. The van der Waals surface area contributed by atoms with Crippen molar-refractivity contribution in [2.24, 2.45) is 16.2 Å². The van der Waals surface area contributed by atoms with Crippen LogP contribution in [0.3, 0.4) is 0 Å². The summed E-state index contributed by atoms with van der Waals surface area (Å²) in [5.74, 6) is -0.117. The van der Waals surface area contributed by atoms with Gasteiger partial charge >= 0.3 is 486 Å². The van der Waals surface area contributed by atoms with E-state index in [1.54, 1.807) is 18.2 Å². The Morgan fingerprint density at radius 3 is 1.39 bits per heavy atom. The third kappa shape index (κ3) is 14.3. The molecule has 1 atom stereocenters. The Morgan fingerprint density at radius 2 is 0.928 bits per heavy atom. The normalized spacial score (nSPS) is 15.6. The van der Waals surface area contributed by atoms with Gasteiger partial charge in [0.25, 0.3) is 0 Å². The predicted molar refractivity (Wildman–Crippen MR) is 411 cm³/mol. The van der Waals surface area contributed by atoms with E-state index in [4.69, 9.17) is 9.47 Å². The second-order valence-corrected chi connectivity index (χ2v) is 48.7. The van der Waals surface area contributed by atoms with E-state index in [9.17, 15) is 10.2 Å². The first-order valence-electron chi connectivity index (χ1n) is 35.6. The number of benzene rings is 7. The monoisotopic (exact) mass is 1370 g/mol. The first-order chi connectivity index (χ1) is 44.6. The summed E-state index contributed by atoms with van der Waals surface area (Å²) in [6.45, 7) is 59.1. The molecule has 1 aliphatic rings. The molecule has 518 valence electrons. The number of hydrogen-bond acceptors (Lipinski definition) is 4. The Labute approximate surface area is 583 Å². The Hall–Kier alpha value is -6.62. The van der Waals surface area contributed by atoms with Crippen molar-refractivity contribution in [1.29, 1.82) is 0 Å². The third-order valence-electron chi connectivity index (χ3n) is 21.6. The number of aromatic hydroxyl groups is 2. The van der Waals surface area contributed by atoms with Gasteiger partial charge in [0.2, 0.25) is 0 Å². The zero-order chi connectivity index (χ0) is 71.7. The van der Waals surface area contributed by atoms with Crippen LogP contribution in [0.25, 0.3) is 72.4 Å². The number of phenols is 2. The number of rotatable bonds is 16. The predicted octanol–water partition coefficient (Wildman–Crippen LogP) is 24.9. The van der Waals surface area contributed by atoms with E-state index < -0.39 is 30.1 Å². The van der Waals surface area contributed by atoms with Crippen molar-refractivity contribution in [2.45, 2.75) is 241 Å². The van der Waals surface area contributed by atoms with Crippen LogP contribution in [0, 0.1) is 27.9 Å². The van der Waals surface area contributed by atoms with Gasteiger partial charge in [-0.25, -0.2) is 4.39 Å². The van der Waals surface area contributed by atoms with E-state index in [2.05, 4.69) is 280 Å². The fourth-order valence-electron chi connectivity index (χ4n) is 16.0. The summed E-state index contributed by atoms with van der Waals surface area (Å²) in [6.07, 6.45) is 6.82. The van der Waals surface area contributed by atoms with Crippen LogP contribution in [0.1, 0.15) is 232 Å². The Morgan fingerprint density at radius 1 is 0.474 bits per heavy atom. The standard InChI is InChI=1S/C88H114F2GeN2O4/c1-54(2)91(55(3)4,52-96-77-37-33-63(90)48-68(77)69-45-61(87(25,26)51-81(8,9)10)47-76(79(69)95)92-71-34-30-57(82(11,12)13)41-65(71)66-42-58(83(14,15)16)31-35-72(66)92)53-97-88(85(20,21)22)39-38-74-70(49-88)67-43-59(84(17,18)19)32-36-73(67)93(74)75-46-60(86(23,24)50-80(5,6)7)44-64(78(75)94)56-28-27-29-62(89)40-56/h27-48,54-55,94-95H,49-53H2,1-26H3. The minimum absolute atomic E-state index is 0.000469. The number of hydrogen-bond donors (Lipinski definition) is 2. The summed E-state index contributed by atoms with van der Waals surface area (Å²) in [5, 5.41) is 29.5. The first kappa shape index (κ1) is 73.1. The molecule has 0 fully saturated rings. The van der Waals surface area contributed by atoms with Crippen LogP contribution < -0.4 is 4.74 Å². The van der Waals surface area contributed by atoms with Gasteiger partial charge in [0, 0.05) is 0 Å². The molecule has 0 amide bonds. The molecule has 0 radical (unpaired) electrons. The van der Waals surface area contributed by atoms with Gasteiger partial charge in [0.15, 0.2) is 0 Å². The summed E-state index contributed by atoms with van der Waals surface area (Å²) in [6, 6.07) is 40.2. The molecular formula is C88H114F2GeN2O4. The molecule has 2 N–H and O–H groups in total. The molecule has 0 aliphatic heterocycles. The molecule has 10 rings (SSSR count). The zero-order valence-corrected chi connectivity index (χ0v) is 65.9. The number of ether oxygens (including phenoxy) is 2. The maximum atomic E-state index is 16.4. The van der Waals surface area contributed by atoms with Crippen molar-refractivity contribution in [3.63, 3.8) is 0 Å². The Kier molecular flexibility index (Phi) is 19.0. The number of halogens is 2. The van der Waals surface area contributed by atoms with E-state index in [1.807, 2.05) is 6.07 Å². The molecule has 0 saturated heterocycles. The number of phenolic OH excluding ortho intramolecular Hbond substituents is 2. The molecule has 0 bridgehead atoms. The Balaban J connectivity index is 1.10. The van der Waals surface area contributed by atoms with Gasteiger partial charge in [-0.15, -0.1) is 0 Å². The molecule has 2 aromatic heterocycles. The van der Waals surface area contributed by atoms with Crippen LogP contribution in [0.2, 0.25) is 9.50 Å². The van der Waals surface area contributed by atoms with E-state index in [0.717, 1.165) is 67.9 Å². The van der Waals surface area contributed by atoms with Crippen molar-refractivity contribution < 1.29 is 28.5 Å². The zero-order valence-electron chi connectivity index (χ0n) is 63.8. The fraction of sp³-hybridized carbons (Fsp3) is 0.477. The average molecular weight is 1370 g/mol. The number of nitrogens with zero attached hydrogens (tertiary/aromatic N) is 2. The van der Waals surface area contributed by atoms with Crippen LogP contribution in [0.5, 0.6) is 17.2 Å². The van der Waals surface area contributed by atoms with Crippen molar-refractivity contribution in [3.05, 3.63) is 178 Å². The van der Waals surface area contributed by atoms with Crippen molar-refractivity contribution in [2.75, 3.05) is 10.9 Å². The summed E-state index contributed by atoms with van der Waals surface area (Å²) in [4.78, 5) is 0. The molecule has 2 heterocycles. The van der Waals surface area contributed by atoms with Crippen molar-refractivity contribution >= 4 is 52.1 Å². The maximum absolute atomic E-state index is 16.4. The number of fused-ring (bicyclic) bond motifs is 6. The topological polar surface area (TPSA) is 68.8 Å². The molecule has 7 aromatic carbocycles. The molecule has 0 saturated carbocycles. The second-order valence-electron chi connectivity index (χ2n) is 37.4. The number of aromatic nitrogens is 2. The fourth-order valence-corrected chi connectivity index (χ4v) is 23.8. The van der Waals surface area contributed by atoms with Gasteiger partial charge in [0.1, 0.15) is 5.82 Å². The van der Waals surface area contributed by atoms with Crippen molar-refractivity contribution in [3.8, 4) is 50.9 Å². The summed E-state index contributed by atoms with van der Waals surface area (Å²) in [7, 11) is 0. The van der Waals surface area contributed by atoms with E-state index >= 15 is 8.78 Å². The molecule has 1 aliphatic carbocycles. The summed E-state index contributed by atoms with van der Waals surface area (Å²) in [5.41, 5.74) is 13.0. The van der Waals surface area contributed by atoms with Gasteiger partial charge in [0.05, 0.1) is 0 Å². The van der Waals surface area contributed by atoms with E-state index in [1.165, 1.54) is 34.9 Å². The van der Waals surface area contributed by atoms with Gasteiger partial charge in [-0.05, 0) is 22.3 Å². The third-order valence-corrected chi connectivity index (χ3v) is 34.1. The molecule has 9 aromatic rings. The van der Waals surface area contributed by atoms with Crippen molar-refractivity contribution in [1.82, 2.24) is 9.13 Å². The summed E-state index contributed by atoms with van der Waals surface area (Å²) >= 11 is -3.49. The van der Waals surface area contributed by atoms with Crippen LogP contribution in [-0.2, 0) is 38.2 Å². The average Bonchev–Trinajstić information content (AvgIpc) is 1.60. The summed E-state index contributed by atoms with van der Waals surface area (Å²) < 4.78 is 51.9. The molecule has 0 spiro atoms. The van der Waals surface area contributed by atoms with Gasteiger partial charge in [-0.1, -0.05) is 68.4 Å². The van der Waals surface area contributed by atoms with E-state index in [-0.39, 0.29) is 64.7 Å². The van der Waals surface area contributed by atoms with Crippen LogP contribution in [-0.4, -0.2) is 49.1 Å². The van der Waals surface area contributed by atoms with Gasteiger partial charge in [-0.3, -0.25) is 0 Å². The molecular weight excluding hydrogens is 1260 g/mol. The van der Waals surface area contributed by atoms with E-state index in [0.29, 0.717) is 56.7 Å². The first-order valence-corrected chi connectivity index (χ1v) is 41.0. The molecule has 1 unspecified atom stereocenters. The quantitative estimate of drug-likeness (QED) is 0.0946. The Bertz CT molecular complexity index is 4430. The van der Waals surface area contributed by atoms with Gasteiger partial charge < -0.3 is 0 Å². The minimum atomic E-state index is -3.49. The van der Waals surface area contributed by atoms with Crippen LogP contribution in [0.15, 0.2) is 127 Å². The van der Waals surface area contributed by atoms with Crippen LogP contribution >= 0.6 is 0 Å². The second kappa shape index (κ2) is 25.2.